The van der Waals surface area contributed by atoms with Gasteiger partial charge in [0, 0.05) is 47.9 Å². The van der Waals surface area contributed by atoms with Crippen molar-refractivity contribution in [1.29, 1.82) is 0 Å². The quantitative estimate of drug-likeness (QED) is 0.902. The van der Waals surface area contributed by atoms with Crippen molar-refractivity contribution in [3.63, 3.8) is 0 Å². The first-order chi connectivity index (χ1) is 11.4. The van der Waals surface area contributed by atoms with Gasteiger partial charge < -0.3 is 10.3 Å². The number of hydrazone groups is 1. The average Bonchev–Trinajstić information content (AvgIpc) is 2.98. The lowest BCUT2D eigenvalue weighted by Gasteiger charge is -2.22. The van der Waals surface area contributed by atoms with Crippen molar-refractivity contribution in [2.45, 2.75) is 19.4 Å². The standard InChI is InChI=1S/C17H18F2N4O/c1-10(13-5-6-23(2)20-9-13)21-17(24)15-7-11-3-4-12(16(18)19)8-14(11)22-15/h3-10,13,16,22H,1-2H3,(H,21,24). The monoisotopic (exact) mass is 332 g/mol. The summed E-state index contributed by atoms with van der Waals surface area (Å²) in [6.07, 6.45) is 3.02. The number of amides is 1. The second-order valence-electron chi connectivity index (χ2n) is 5.85. The Kier molecular flexibility index (Phi) is 4.33. The van der Waals surface area contributed by atoms with Gasteiger partial charge in [0.25, 0.3) is 12.3 Å². The Labute approximate surface area is 138 Å². The molecule has 5 nitrogen and oxygen atoms in total. The Hall–Kier alpha value is -2.70. The maximum absolute atomic E-state index is 12.8. The summed E-state index contributed by atoms with van der Waals surface area (Å²) in [5, 5.41) is 9.47. The Morgan fingerprint density at radius 1 is 1.38 bits per heavy atom. The number of aromatic amines is 1. The van der Waals surface area contributed by atoms with E-state index in [0.29, 0.717) is 11.2 Å². The number of halogens is 2. The third-order valence-corrected chi connectivity index (χ3v) is 4.02. The zero-order chi connectivity index (χ0) is 17.3. The first-order valence-electron chi connectivity index (χ1n) is 7.61. The van der Waals surface area contributed by atoms with E-state index in [0.717, 1.165) is 5.39 Å². The molecule has 0 radical (unpaired) electrons. The maximum Gasteiger partial charge on any atom is 0.267 e. The third-order valence-electron chi connectivity index (χ3n) is 4.02. The molecule has 24 heavy (non-hydrogen) atoms. The molecule has 2 unspecified atom stereocenters. The normalized spacial score (nSPS) is 18.4. The van der Waals surface area contributed by atoms with E-state index in [1.165, 1.54) is 12.1 Å². The molecule has 3 rings (SSSR count). The molecule has 1 aliphatic rings. The number of hydrogen-bond donors (Lipinski definition) is 2. The fourth-order valence-corrected chi connectivity index (χ4v) is 2.57. The highest BCUT2D eigenvalue weighted by Gasteiger charge is 2.19. The smallest absolute Gasteiger partial charge is 0.267 e. The van der Waals surface area contributed by atoms with Crippen molar-refractivity contribution in [2.75, 3.05) is 7.05 Å². The van der Waals surface area contributed by atoms with E-state index in [1.807, 2.05) is 26.2 Å². The topological polar surface area (TPSA) is 60.5 Å². The SMILES string of the molecule is CC(NC(=O)c1cc2ccc(C(F)F)cc2[nH]1)C1C=CN(C)N=C1. The summed E-state index contributed by atoms with van der Waals surface area (Å²) in [4.78, 5) is 15.3. The van der Waals surface area contributed by atoms with Crippen LogP contribution in [0.25, 0.3) is 10.9 Å². The number of carbonyl (C=O) groups excluding carboxylic acids is 1. The number of nitrogens with one attached hydrogen (secondary N) is 2. The minimum absolute atomic E-state index is 0.0000328. The van der Waals surface area contributed by atoms with Gasteiger partial charge in [-0.3, -0.25) is 9.80 Å². The second kappa shape index (κ2) is 6.43. The van der Waals surface area contributed by atoms with Gasteiger partial charge in [-0.1, -0.05) is 18.2 Å². The number of rotatable bonds is 4. The highest BCUT2D eigenvalue weighted by atomic mass is 19.3. The minimum Gasteiger partial charge on any atom is -0.351 e. The highest BCUT2D eigenvalue weighted by molar-refractivity contribution is 5.98. The Balaban J connectivity index is 1.74. The molecule has 126 valence electrons. The average molecular weight is 332 g/mol. The summed E-state index contributed by atoms with van der Waals surface area (Å²) >= 11 is 0. The fourth-order valence-electron chi connectivity index (χ4n) is 2.57. The third kappa shape index (κ3) is 3.29. The molecule has 0 bridgehead atoms. The highest BCUT2D eigenvalue weighted by Crippen LogP contribution is 2.24. The van der Waals surface area contributed by atoms with Crippen LogP contribution in [0.4, 0.5) is 8.78 Å². The van der Waals surface area contributed by atoms with E-state index in [4.69, 9.17) is 0 Å². The van der Waals surface area contributed by atoms with Crippen molar-refractivity contribution < 1.29 is 13.6 Å². The molecule has 1 aromatic heterocycles. The number of fused-ring (bicyclic) bond motifs is 1. The lowest BCUT2D eigenvalue weighted by atomic mass is 10.0. The summed E-state index contributed by atoms with van der Waals surface area (Å²) in [6, 6.07) is 5.83. The van der Waals surface area contributed by atoms with Gasteiger partial charge in [-0.25, -0.2) is 8.78 Å². The summed E-state index contributed by atoms with van der Waals surface area (Å²) in [5.41, 5.74) is 0.792. The van der Waals surface area contributed by atoms with Gasteiger partial charge in [0.15, 0.2) is 0 Å². The van der Waals surface area contributed by atoms with Crippen LogP contribution in [0.2, 0.25) is 0 Å². The summed E-state index contributed by atoms with van der Waals surface area (Å²) in [7, 11) is 1.82. The molecule has 2 atom stereocenters. The number of alkyl halides is 2. The lowest BCUT2D eigenvalue weighted by molar-refractivity contribution is 0.0932. The zero-order valence-corrected chi connectivity index (χ0v) is 13.3. The predicted octanol–water partition coefficient (Wildman–Crippen LogP) is 3.28. The van der Waals surface area contributed by atoms with Crippen LogP contribution in [0.5, 0.6) is 0 Å². The zero-order valence-electron chi connectivity index (χ0n) is 13.3. The Morgan fingerprint density at radius 2 is 2.17 bits per heavy atom. The fraction of sp³-hybridized carbons (Fsp3) is 0.294. The summed E-state index contributed by atoms with van der Waals surface area (Å²) in [6.45, 7) is 1.89. The minimum atomic E-state index is -2.54. The van der Waals surface area contributed by atoms with Gasteiger partial charge in [-0.15, -0.1) is 0 Å². The molecule has 2 N–H and O–H groups in total. The van der Waals surface area contributed by atoms with Crippen LogP contribution in [0.3, 0.4) is 0 Å². The van der Waals surface area contributed by atoms with E-state index >= 15 is 0 Å². The molecule has 2 aromatic rings. The molecule has 0 saturated heterocycles. The molecular weight excluding hydrogens is 314 g/mol. The summed E-state index contributed by atoms with van der Waals surface area (Å²) in [5.74, 6) is -0.280. The van der Waals surface area contributed by atoms with Crippen LogP contribution in [0, 0.1) is 5.92 Å². The Bertz CT molecular complexity index is 798. The van der Waals surface area contributed by atoms with Crippen LogP contribution < -0.4 is 5.32 Å². The molecule has 1 amide bonds. The predicted molar refractivity (Wildman–Crippen MR) is 89.1 cm³/mol. The molecule has 1 aliphatic heterocycles. The molecule has 2 heterocycles. The molecule has 0 spiro atoms. The van der Waals surface area contributed by atoms with Gasteiger partial charge in [0.2, 0.25) is 0 Å². The van der Waals surface area contributed by atoms with Crippen LogP contribution >= 0.6 is 0 Å². The van der Waals surface area contributed by atoms with Gasteiger partial charge >= 0.3 is 0 Å². The number of nitrogens with zero attached hydrogens (tertiary/aromatic N) is 2. The van der Waals surface area contributed by atoms with Crippen molar-refractivity contribution in [1.82, 2.24) is 15.3 Å². The van der Waals surface area contributed by atoms with Crippen LogP contribution in [0.1, 0.15) is 29.4 Å². The lowest BCUT2D eigenvalue weighted by Crippen LogP contribution is -2.39. The van der Waals surface area contributed by atoms with Crippen LogP contribution in [0.15, 0.2) is 41.6 Å². The van der Waals surface area contributed by atoms with Crippen LogP contribution in [-0.2, 0) is 0 Å². The largest absolute Gasteiger partial charge is 0.351 e. The Morgan fingerprint density at radius 3 is 2.83 bits per heavy atom. The van der Waals surface area contributed by atoms with E-state index in [1.54, 1.807) is 23.4 Å². The van der Waals surface area contributed by atoms with E-state index in [-0.39, 0.29) is 23.4 Å². The molecule has 0 aliphatic carbocycles. The number of H-pyrrole nitrogens is 1. The van der Waals surface area contributed by atoms with E-state index < -0.39 is 6.43 Å². The van der Waals surface area contributed by atoms with Gasteiger partial charge in [-0.2, -0.15) is 5.10 Å². The maximum atomic E-state index is 12.8. The van der Waals surface area contributed by atoms with E-state index in [9.17, 15) is 13.6 Å². The number of carbonyl (C=O) groups is 1. The van der Waals surface area contributed by atoms with Crippen molar-refractivity contribution in [2.24, 2.45) is 11.0 Å². The number of aromatic nitrogens is 1. The van der Waals surface area contributed by atoms with E-state index in [2.05, 4.69) is 15.4 Å². The number of hydrogen-bond acceptors (Lipinski definition) is 3. The molecule has 1 aromatic carbocycles. The first-order valence-corrected chi connectivity index (χ1v) is 7.61. The van der Waals surface area contributed by atoms with Crippen molar-refractivity contribution in [3.05, 3.63) is 47.8 Å². The summed E-state index contributed by atoms with van der Waals surface area (Å²) < 4.78 is 25.5. The van der Waals surface area contributed by atoms with Crippen molar-refractivity contribution in [3.8, 4) is 0 Å². The van der Waals surface area contributed by atoms with Crippen molar-refractivity contribution >= 4 is 23.0 Å². The number of benzene rings is 1. The van der Waals surface area contributed by atoms with Crippen LogP contribution in [-0.4, -0.2) is 35.2 Å². The molecular formula is C17H18F2N4O. The van der Waals surface area contributed by atoms with Gasteiger partial charge in [0.1, 0.15) is 5.69 Å². The van der Waals surface area contributed by atoms with Gasteiger partial charge in [-0.05, 0) is 19.1 Å². The van der Waals surface area contributed by atoms with Gasteiger partial charge in [0.05, 0.1) is 0 Å². The molecule has 0 saturated carbocycles. The first kappa shape index (κ1) is 16.2. The second-order valence-corrected chi connectivity index (χ2v) is 5.85. The molecule has 7 heteroatoms. The molecule has 0 fully saturated rings.